The smallest absolute Gasteiger partial charge is 0.165 e. The zero-order valence-electron chi connectivity index (χ0n) is 11.1. The molecule has 0 aliphatic carbocycles. The van der Waals surface area contributed by atoms with Crippen molar-refractivity contribution in [3.05, 3.63) is 48.3 Å². The maximum Gasteiger partial charge on any atom is 0.165 e. The molecule has 0 bridgehead atoms. The number of ether oxygens (including phenoxy) is 1. The van der Waals surface area contributed by atoms with Crippen molar-refractivity contribution < 1.29 is 9.13 Å². The summed E-state index contributed by atoms with van der Waals surface area (Å²) in [6, 6.07) is 6.28. The summed E-state index contributed by atoms with van der Waals surface area (Å²) in [6.45, 7) is 2.09. The molecule has 1 aliphatic heterocycles. The summed E-state index contributed by atoms with van der Waals surface area (Å²) >= 11 is 0. The molecule has 1 atom stereocenters. The van der Waals surface area contributed by atoms with Crippen LogP contribution in [0.1, 0.15) is 12.2 Å². The van der Waals surface area contributed by atoms with Gasteiger partial charge < -0.3 is 10.1 Å². The Hall–Kier alpha value is -2.01. The van der Waals surface area contributed by atoms with E-state index in [1.165, 1.54) is 6.07 Å². The van der Waals surface area contributed by atoms with E-state index >= 15 is 0 Å². The third-order valence-electron chi connectivity index (χ3n) is 3.38. The maximum absolute atomic E-state index is 13.5. The van der Waals surface area contributed by atoms with Crippen LogP contribution in [-0.2, 0) is 6.42 Å². The maximum atomic E-state index is 13.5. The van der Waals surface area contributed by atoms with E-state index in [9.17, 15) is 4.39 Å². The molecule has 20 heavy (non-hydrogen) atoms. The molecule has 1 aliphatic rings. The van der Waals surface area contributed by atoms with E-state index in [1.54, 1.807) is 30.6 Å². The highest BCUT2D eigenvalue weighted by atomic mass is 19.1. The Morgan fingerprint density at radius 1 is 1.25 bits per heavy atom. The Morgan fingerprint density at radius 2 is 2.05 bits per heavy atom. The first-order valence-corrected chi connectivity index (χ1v) is 6.75. The minimum absolute atomic E-state index is 0.184. The van der Waals surface area contributed by atoms with Gasteiger partial charge in [-0.05, 0) is 37.6 Å². The first-order chi connectivity index (χ1) is 9.81. The predicted octanol–water partition coefficient (Wildman–Crippen LogP) is 2.56. The van der Waals surface area contributed by atoms with Gasteiger partial charge in [0.1, 0.15) is 5.82 Å². The van der Waals surface area contributed by atoms with Crippen LogP contribution in [-0.4, -0.2) is 23.1 Å². The minimum Gasteiger partial charge on any atom is -0.451 e. The molecule has 1 unspecified atom stereocenters. The second kappa shape index (κ2) is 5.96. The third-order valence-corrected chi connectivity index (χ3v) is 3.38. The van der Waals surface area contributed by atoms with E-state index in [1.807, 2.05) is 0 Å². The fraction of sp³-hybridized carbons (Fsp3) is 0.333. The zero-order chi connectivity index (χ0) is 13.8. The number of hydrogen-bond donors (Lipinski definition) is 1. The van der Waals surface area contributed by atoms with Crippen molar-refractivity contribution in [3.8, 4) is 11.5 Å². The van der Waals surface area contributed by atoms with Crippen LogP contribution in [0.3, 0.4) is 0 Å². The van der Waals surface area contributed by atoms with Gasteiger partial charge >= 0.3 is 0 Å². The summed E-state index contributed by atoms with van der Waals surface area (Å²) < 4.78 is 18.9. The topological polar surface area (TPSA) is 47.0 Å². The first kappa shape index (κ1) is 13.0. The highest BCUT2D eigenvalue weighted by Crippen LogP contribution is 2.23. The highest BCUT2D eigenvalue weighted by Gasteiger charge is 2.16. The van der Waals surface area contributed by atoms with E-state index in [-0.39, 0.29) is 5.75 Å². The molecule has 1 saturated heterocycles. The lowest BCUT2D eigenvalue weighted by Crippen LogP contribution is -2.12. The van der Waals surface area contributed by atoms with Gasteiger partial charge in [-0.1, -0.05) is 12.1 Å². The van der Waals surface area contributed by atoms with Crippen molar-refractivity contribution in [3.63, 3.8) is 0 Å². The largest absolute Gasteiger partial charge is 0.451 e. The van der Waals surface area contributed by atoms with Crippen LogP contribution in [0.4, 0.5) is 4.39 Å². The zero-order valence-corrected chi connectivity index (χ0v) is 11.1. The highest BCUT2D eigenvalue weighted by molar-refractivity contribution is 5.29. The molecule has 1 aromatic carbocycles. The molecule has 104 valence electrons. The average molecular weight is 273 g/mol. The Morgan fingerprint density at radius 3 is 2.75 bits per heavy atom. The molecular formula is C15H16FN3O. The third kappa shape index (κ3) is 3.11. The van der Waals surface area contributed by atoms with Gasteiger partial charge in [0.2, 0.25) is 0 Å². The van der Waals surface area contributed by atoms with E-state index in [4.69, 9.17) is 4.74 Å². The molecule has 0 amide bonds. The van der Waals surface area contributed by atoms with Gasteiger partial charge in [-0.25, -0.2) is 14.4 Å². The number of benzene rings is 1. The molecule has 2 aromatic rings. The van der Waals surface area contributed by atoms with Crippen molar-refractivity contribution in [2.45, 2.75) is 12.8 Å². The summed E-state index contributed by atoms with van der Waals surface area (Å²) in [5, 5.41) is 3.32. The Balaban J connectivity index is 1.65. The van der Waals surface area contributed by atoms with Gasteiger partial charge in [0.25, 0.3) is 0 Å². The number of rotatable bonds is 4. The lowest BCUT2D eigenvalue weighted by atomic mass is 10.1. The summed E-state index contributed by atoms with van der Waals surface area (Å²) in [6.07, 6.45) is 5.22. The number of hydrogen-bond acceptors (Lipinski definition) is 4. The van der Waals surface area contributed by atoms with E-state index in [0.29, 0.717) is 11.7 Å². The molecule has 1 fully saturated rings. The first-order valence-electron chi connectivity index (χ1n) is 6.75. The van der Waals surface area contributed by atoms with E-state index < -0.39 is 5.82 Å². The molecule has 3 rings (SSSR count). The fourth-order valence-corrected chi connectivity index (χ4v) is 2.30. The van der Waals surface area contributed by atoms with Crippen LogP contribution in [0.5, 0.6) is 11.5 Å². The Kier molecular flexibility index (Phi) is 3.87. The molecule has 1 N–H and O–H groups in total. The molecule has 5 heteroatoms. The monoisotopic (exact) mass is 273 g/mol. The minimum atomic E-state index is -0.395. The molecule has 2 heterocycles. The van der Waals surface area contributed by atoms with Crippen LogP contribution in [0.2, 0.25) is 0 Å². The Labute approximate surface area is 117 Å². The number of aromatic nitrogens is 2. The second-order valence-electron chi connectivity index (χ2n) is 4.93. The van der Waals surface area contributed by atoms with Gasteiger partial charge in [-0.3, -0.25) is 0 Å². The van der Waals surface area contributed by atoms with Crippen LogP contribution in [0.25, 0.3) is 0 Å². The number of halogens is 1. The van der Waals surface area contributed by atoms with Crippen molar-refractivity contribution in [1.29, 1.82) is 0 Å². The Bertz CT molecular complexity index is 568. The summed E-state index contributed by atoms with van der Waals surface area (Å²) in [7, 11) is 0. The molecule has 0 spiro atoms. The van der Waals surface area contributed by atoms with Gasteiger partial charge in [0, 0.05) is 6.42 Å². The average Bonchev–Trinajstić information content (AvgIpc) is 2.96. The molecule has 4 nitrogen and oxygen atoms in total. The van der Waals surface area contributed by atoms with Crippen molar-refractivity contribution >= 4 is 0 Å². The lowest BCUT2D eigenvalue weighted by molar-refractivity contribution is 0.437. The van der Waals surface area contributed by atoms with E-state index in [2.05, 4.69) is 15.3 Å². The van der Waals surface area contributed by atoms with Crippen LogP contribution >= 0.6 is 0 Å². The van der Waals surface area contributed by atoms with Gasteiger partial charge in [0.15, 0.2) is 17.3 Å². The standard InChI is InChI=1S/C15H16FN3O/c16-13-3-1-2-4-14(13)20-12-9-18-15(19-10-12)7-11-5-6-17-8-11/h1-4,9-11,17H,5-8H2. The fourth-order valence-electron chi connectivity index (χ4n) is 2.30. The molecule has 0 saturated carbocycles. The van der Waals surface area contributed by atoms with Crippen LogP contribution < -0.4 is 10.1 Å². The van der Waals surface area contributed by atoms with Gasteiger partial charge in [0.05, 0.1) is 12.4 Å². The van der Waals surface area contributed by atoms with Crippen LogP contribution in [0.15, 0.2) is 36.7 Å². The molecule has 0 radical (unpaired) electrons. The molecule has 1 aromatic heterocycles. The van der Waals surface area contributed by atoms with E-state index in [0.717, 1.165) is 31.8 Å². The van der Waals surface area contributed by atoms with Gasteiger partial charge in [-0.2, -0.15) is 0 Å². The predicted molar refractivity (Wildman–Crippen MR) is 73.2 cm³/mol. The number of nitrogens with one attached hydrogen (secondary N) is 1. The molecular weight excluding hydrogens is 257 g/mol. The summed E-state index contributed by atoms with van der Waals surface area (Å²) in [5.41, 5.74) is 0. The van der Waals surface area contributed by atoms with Crippen molar-refractivity contribution in [2.75, 3.05) is 13.1 Å². The lowest BCUT2D eigenvalue weighted by Gasteiger charge is -2.08. The van der Waals surface area contributed by atoms with Crippen LogP contribution in [0, 0.1) is 11.7 Å². The van der Waals surface area contributed by atoms with Gasteiger partial charge in [-0.15, -0.1) is 0 Å². The quantitative estimate of drug-likeness (QED) is 0.930. The van der Waals surface area contributed by atoms with Crippen molar-refractivity contribution in [2.24, 2.45) is 5.92 Å². The second-order valence-corrected chi connectivity index (χ2v) is 4.93. The summed E-state index contributed by atoms with van der Waals surface area (Å²) in [4.78, 5) is 8.56. The summed E-state index contributed by atoms with van der Waals surface area (Å²) in [5.74, 6) is 1.65. The number of para-hydroxylation sites is 1. The number of nitrogens with zero attached hydrogens (tertiary/aromatic N) is 2. The normalized spacial score (nSPS) is 18.1. The van der Waals surface area contributed by atoms with Crippen molar-refractivity contribution in [1.82, 2.24) is 15.3 Å². The SMILES string of the molecule is Fc1ccccc1Oc1cnc(CC2CCNC2)nc1.